The second-order valence-corrected chi connectivity index (χ2v) is 11.3. The number of hydrogen-bond donors (Lipinski definition) is 4. The predicted molar refractivity (Wildman–Crippen MR) is 149 cm³/mol. The number of ether oxygens (including phenoxy) is 1. The number of aromatic amines is 1. The fourth-order valence-corrected chi connectivity index (χ4v) is 6.37. The summed E-state index contributed by atoms with van der Waals surface area (Å²) in [5.41, 5.74) is 3.09. The van der Waals surface area contributed by atoms with Crippen LogP contribution < -0.4 is 15.5 Å². The average Bonchev–Trinajstić information content (AvgIpc) is 3.26. The maximum absolute atomic E-state index is 12.7. The summed E-state index contributed by atoms with van der Waals surface area (Å²) >= 11 is 13.6. The van der Waals surface area contributed by atoms with Gasteiger partial charge in [0, 0.05) is 48.8 Å². The molecule has 206 valence electrons. The first-order valence-electron chi connectivity index (χ1n) is 12.5. The van der Waals surface area contributed by atoms with Crippen LogP contribution >= 0.6 is 34.5 Å². The average molecular weight is 593 g/mol. The largest absolute Gasteiger partial charge is 0.480 e. The van der Waals surface area contributed by atoms with Gasteiger partial charge >= 0.3 is 11.9 Å². The van der Waals surface area contributed by atoms with Gasteiger partial charge in [0.05, 0.1) is 22.3 Å². The molecule has 1 unspecified atom stereocenters. The zero-order valence-electron chi connectivity index (χ0n) is 21.2. The lowest BCUT2D eigenvalue weighted by molar-refractivity contribution is -0.134. The molecule has 5 rings (SSSR count). The van der Waals surface area contributed by atoms with Crippen LogP contribution in [-0.2, 0) is 16.0 Å². The number of carboxylic acid groups (broad SMARTS) is 1. The van der Waals surface area contributed by atoms with E-state index in [1.165, 1.54) is 11.3 Å². The van der Waals surface area contributed by atoms with Gasteiger partial charge in [-0.2, -0.15) is 0 Å². The molecule has 0 radical (unpaired) electrons. The number of piperidine rings is 1. The zero-order valence-corrected chi connectivity index (χ0v) is 23.5. The van der Waals surface area contributed by atoms with E-state index in [1.807, 2.05) is 18.2 Å². The number of fused-ring (bicyclic) bond motifs is 1. The van der Waals surface area contributed by atoms with Crippen molar-refractivity contribution in [1.29, 1.82) is 0 Å². The van der Waals surface area contributed by atoms with Crippen LogP contribution in [0.3, 0.4) is 0 Å². The molecule has 39 heavy (non-hydrogen) atoms. The number of aryl methyl sites for hydroxylation is 1. The van der Waals surface area contributed by atoms with Gasteiger partial charge in [-0.3, -0.25) is 9.59 Å². The molecule has 3 aromatic rings. The Morgan fingerprint density at radius 3 is 2.62 bits per heavy atom. The third-order valence-corrected chi connectivity index (χ3v) is 9.02. The van der Waals surface area contributed by atoms with Crippen LogP contribution in [0.25, 0.3) is 0 Å². The summed E-state index contributed by atoms with van der Waals surface area (Å²) < 4.78 is 5.29. The summed E-state index contributed by atoms with van der Waals surface area (Å²) in [6.07, 6.45) is 0.394. The molecule has 3 heterocycles. The van der Waals surface area contributed by atoms with Crippen LogP contribution in [0.2, 0.25) is 10.0 Å². The molecular formula is C26H27Cl2N5O5S. The Kier molecular flexibility index (Phi) is 7.75. The quantitative estimate of drug-likeness (QED) is 0.257. The number of carboxylic acids is 1. The molecule has 1 saturated heterocycles. The van der Waals surface area contributed by atoms with Gasteiger partial charge in [-0.25, -0.2) is 9.78 Å². The fraction of sp³-hybridized carbons (Fsp3) is 0.385. The van der Waals surface area contributed by atoms with E-state index in [-0.39, 0.29) is 47.7 Å². The number of rotatable bonds is 10. The van der Waals surface area contributed by atoms with Crippen molar-refractivity contribution in [3.63, 3.8) is 0 Å². The van der Waals surface area contributed by atoms with Crippen molar-refractivity contribution in [2.45, 2.75) is 26.3 Å². The third-order valence-electron chi connectivity index (χ3n) is 6.93. The molecule has 0 spiro atoms. The Morgan fingerprint density at radius 2 is 1.97 bits per heavy atom. The van der Waals surface area contributed by atoms with Crippen LogP contribution in [0.4, 0.5) is 10.8 Å². The van der Waals surface area contributed by atoms with Crippen LogP contribution in [0, 0.1) is 18.8 Å². The molecule has 1 saturated carbocycles. The maximum Gasteiger partial charge on any atom is 0.350 e. The first-order chi connectivity index (χ1) is 18.7. The highest BCUT2D eigenvalue weighted by molar-refractivity contribution is 7.17. The molecule has 2 aromatic heterocycles. The van der Waals surface area contributed by atoms with Gasteiger partial charge in [-0.1, -0.05) is 46.7 Å². The molecule has 2 aliphatic rings. The van der Waals surface area contributed by atoms with Crippen LogP contribution in [0.5, 0.6) is 0 Å². The van der Waals surface area contributed by atoms with Crippen LogP contribution in [-0.4, -0.2) is 65.2 Å². The van der Waals surface area contributed by atoms with Gasteiger partial charge in [-0.05, 0) is 31.5 Å². The number of carbonyl (C=O) groups excluding carboxylic acids is 2. The molecule has 1 aromatic carbocycles. The van der Waals surface area contributed by atoms with Gasteiger partial charge in [-0.15, -0.1) is 0 Å². The number of carbonyl (C=O) groups is 3. The first-order valence-corrected chi connectivity index (χ1v) is 14.0. The van der Waals surface area contributed by atoms with Gasteiger partial charge in [0.15, 0.2) is 5.13 Å². The van der Waals surface area contributed by atoms with Gasteiger partial charge in [0.25, 0.3) is 5.91 Å². The topological polar surface area (TPSA) is 137 Å². The highest BCUT2D eigenvalue weighted by Crippen LogP contribution is 2.48. The molecule has 1 aliphatic heterocycles. The Labute approximate surface area is 238 Å². The highest BCUT2D eigenvalue weighted by Gasteiger charge is 2.57. The second-order valence-electron chi connectivity index (χ2n) is 9.60. The summed E-state index contributed by atoms with van der Waals surface area (Å²) in [5.74, 6) is -1.10. The SMILES string of the molecule is CCOC(=O)c1sc(N2C[C@@H]3C(NC(=O)c4[nH]c(C)c(Cl)c4Cl)[C@@H]3C2)nc1Cc1cccc(NCC(=O)O)c1. The number of nitrogens with one attached hydrogen (secondary N) is 3. The van der Waals surface area contributed by atoms with Crippen LogP contribution in [0.1, 0.15) is 44.0 Å². The number of halogens is 2. The van der Waals surface area contributed by atoms with Crippen molar-refractivity contribution in [3.05, 3.63) is 61.8 Å². The minimum atomic E-state index is -0.952. The molecule has 1 amide bonds. The molecule has 3 atom stereocenters. The number of aromatic nitrogens is 2. The minimum absolute atomic E-state index is 0.0391. The lowest BCUT2D eigenvalue weighted by Crippen LogP contribution is -2.34. The Hall–Kier alpha value is -3.28. The Bertz CT molecular complexity index is 1430. The van der Waals surface area contributed by atoms with E-state index in [9.17, 15) is 14.4 Å². The van der Waals surface area contributed by atoms with Crippen molar-refractivity contribution in [1.82, 2.24) is 15.3 Å². The van der Waals surface area contributed by atoms with Crippen molar-refractivity contribution >= 4 is 63.2 Å². The number of benzene rings is 1. The number of esters is 1. The molecule has 10 nitrogen and oxygen atoms in total. The molecular weight excluding hydrogens is 565 g/mol. The molecule has 13 heteroatoms. The van der Waals surface area contributed by atoms with Gasteiger partial charge in [0.2, 0.25) is 0 Å². The van der Waals surface area contributed by atoms with Crippen molar-refractivity contribution in [2.24, 2.45) is 11.8 Å². The number of anilines is 2. The summed E-state index contributed by atoms with van der Waals surface area (Å²) in [6, 6.07) is 7.41. The second kappa shape index (κ2) is 11.1. The standard InChI is InChI=1S/C26H27Cl2N5O5S/c1-3-38-25(37)23-17(8-13-5-4-6-14(7-13)29-9-18(34)35)31-26(39-23)33-10-15-16(11-33)21(15)32-24(36)22-20(28)19(27)12(2)30-22/h4-7,15-16,21,29-30H,3,8-11H2,1-2H3,(H,32,36)(H,34,35)/t15-,16+,21?. The van der Waals surface area contributed by atoms with E-state index in [0.29, 0.717) is 46.5 Å². The lowest BCUT2D eigenvalue weighted by atomic mass is 10.1. The smallest absolute Gasteiger partial charge is 0.350 e. The van der Waals surface area contributed by atoms with Gasteiger partial charge in [0.1, 0.15) is 17.1 Å². The van der Waals surface area contributed by atoms with E-state index >= 15 is 0 Å². The predicted octanol–water partition coefficient (Wildman–Crippen LogP) is 4.22. The van der Waals surface area contributed by atoms with Crippen molar-refractivity contribution < 1.29 is 24.2 Å². The number of thiazole rings is 1. The molecule has 4 N–H and O–H groups in total. The van der Waals surface area contributed by atoms with E-state index in [2.05, 4.69) is 20.5 Å². The summed E-state index contributed by atoms with van der Waals surface area (Å²) in [4.78, 5) is 46.7. The number of amides is 1. The van der Waals surface area contributed by atoms with Crippen molar-refractivity contribution in [3.8, 4) is 0 Å². The summed E-state index contributed by atoms with van der Waals surface area (Å²) in [6.45, 7) is 4.99. The van der Waals surface area contributed by atoms with Crippen LogP contribution in [0.15, 0.2) is 24.3 Å². The molecule has 2 fully saturated rings. The van der Waals surface area contributed by atoms with E-state index in [4.69, 9.17) is 38.0 Å². The Morgan fingerprint density at radius 1 is 1.23 bits per heavy atom. The first kappa shape index (κ1) is 27.3. The molecule has 0 bridgehead atoms. The maximum atomic E-state index is 12.7. The normalized spacial score (nSPS) is 19.5. The van der Waals surface area contributed by atoms with E-state index in [0.717, 1.165) is 10.7 Å². The van der Waals surface area contributed by atoms with E-state index in [1.54, 1.807) is 19.9 Å². The van der Waals surface area contributed by atoms with Crippen molar-refractivity contribution in [2.75, 3.05) is 36.5 Å². The monoisotopic (exact) mass is 591 g/mol. The highest BCUT2D eigenvalue weighted by atomic mass is 35.5. The third kappa shape index (κ3) is 5.70. The summed E-state index contributed by atoms with van der Waals surface area (Å²) in [5, 5.41) is 16.2. The number of nitrogens with zero attached hydrogens (tertiary/aromatic N) is 2. The lowest BCUT2D eigenvalue weighted by Gasteiger charge is -2.19. The molecule has 1 aliphatic carbocycles. The zero-order chi connectivity index (χ0) is 27.8. The fourth-order valence-electron chi connectivity index (χ4n) is 4.96. The minimum Gasteiger partial charge on any atom is -0.480 e. The van der Waals surface area contributed by atoms with E-state index < -0.39 is 11.9 Å². The number of H-pyrrole nitrogens is 1. The number of aliphatic carboxylic acids is 1. The Balaban J connectivity index is 1.26. The van der Waals surface area contributed by atoms with Gasteiger partial charge < -0.3 is 30.4 Å². The summed E-state index contributed by atoms with van der Waals surface area (Å²) in [7, 11) is 0. The number of hydrogen-bond acceptors (Lipinski definition) is 8.